The van der Waals surface area contributed by atoms with Gasteiger partial charge in [0, 0.05) is 25.0 Å². The lowest BCUT2D eigenvalue weighted by Gasteiger charge is -2.43. The fourth-order valence-electron chi connectivity index (χ4n) is 2.54. The van der Waals surface area contributed by atoms with Gasteiger partial charge in [-0.3, -0.25) is 9.59 Å². The largest absolute Gasteiger partial charge is 0.336 e. The van der Waals surface area contributed by atoms with E-state index in [9.17, 15) is 9.59 Å². The van der Waals surface area contributed by atoms with Gasteiger partial charge in [-0.1, -0.05) is 0 Å². The molecule has 2 rings (SSSR count). The molecule has 0 radical (unpaired) electrons. The molecule has 14 heavy (non-hydrogen) atoms. The van der Waals surface area contributed by atoms with Crippen LogP contribution in [0.5, 0.6) is 0 Å². The highest BCUT2D eigenvalue weighted by Crippen LogP contribution is 2.28. The number of rotatable bonds is 2. The van der Waals surface area contributed by atoms with Crippen molar-refractivity contribution in [3.05, 3.63) is 0 Å². The summed E-state index contributed by atoms with van der Waals surface area (Å²) in [5.74, 6) is 0.230. The zero-order valence-electron chi connectivity index (χ0n) is 8.48. The smallest absolute Gasteiger partial charge is 0.286 e. The Morgan fingerprint density at radius 1 is 1.43 bits per heavy atom. The van der Waals surface area contributed by atoms with Crippen LogP contribution in [0.1, 0.15) is 12.8 Å². The molecule has 0 spiro atoms. The molecule has 0 aromatic rings. The molecule has 0 N–H and O–H groups in total. The van der Waals surface area contributed by atoms with Crippen LogP contribution >= 0.6 is 0 Å². The van der Waals surface area contributed by atoms with Crippen molar-refractivity contribution in [3.8, 4) is 0 Å². The minimum absolute atomic E-state index is 0.359. The van der Waals surface area contributed by atoms with E-state index in [4.69, 9.17) is 0 Å². The lowest BCUT2D eigenvalue weighted by molar-refractivity contribution is -0.144. The average Bonchev–Trinajstić information content (AvgIpc) is 2.49. The normalized spacial score (nSPS) is 28.9. The third-order valence-electron chi connectivity index (χ3n) is 3.44. The van der Waals surface area contributed by atoms with Crippen LogP contribution in [-0.2, 0) is 9.59 Å². The second-order valence-corrected chi connectivity index (χ2v) is 4.31. The standard InChI is InChI=1S/C10H16N2O2/c1-11-4-2-3-9(11)8-5-12(6-8)10(14)7-13/h7-9H,2-6H2,1H3. The number of carbonyl (C=O) groups excluding carboxylic acids is 2. The first-order valence-corrected chi connectivity index (χ1v) is 5.16. The van der Waals surface area contributed by atoms with Crippen molar-refractivity contribution >= 4 is 12.2 Å². The molecular weight excluding hydrogens is 180 g/mol. The fraction of sp³-hybridized carbons (Fsp3) is 0.800. The van der Waals surface area contributed by atoms with Gasteiger partial charge in [0.25, 0.3) is 5.91 Å². The topological polar surface area (TPSA) is 40.6 Å². The fourth-order valence-corrected chi connectivity index (χ4v) is 2.54. The molecule has 0 aliphatic carbocycles. The van der Waals surface area contributed by atoms with Crippen LogP contribution in [0, 0.1) is 5.92 Å². The van der Waals surface area contributed by atoms with Crippen LogP contribution in [0.3, 0.4) is 0 Å². The number of nitrogens with zero attached hydrogens (tertiary/aromatic N) is 2. The highest BCUT2D eigenvalue weighted by Gasteiger charge is 2.39. The Kier molecular flexibility index (Phi) is 2.54. The van der Waals surface area contributed by atoms with Crippen molar-refractivity contribution in [1.82, 2.24) is 9.80 Å². The summed E-state index contributed by atoms with van der Waals surface area (Å²) in [7, 11) is 2.14. The molecule has 0 bridgehead atoms. The van der Waals surface area contributed by atoms with Gasteiger partial charge in [-0.05, 0) is 26.4 Å². The second kappa shape index (κ2) is 3.69. The molecule has 78 valence electrons. The van der Waals surface area contributed by atoms with Gasteiger partial charge in [-0.2, -0.15) is 0 Å². The maximum absolute atomic E-state index is 11.0. The summed E-state index contributed by atoms with van der Waals surface area (Å²) in [6, 6.07) is 0.630. The average molecular weight is 196 g/mol. The van der Waals surface area contributed by atoms with Gasteiger partial charge < -0.3 is 9.80 Å². The molecule has 2 aliphatic rings. The zero-order chi connectivity index (χ0) is 10.1. The molecule has 2 saturated heterocycles. The summed E-state index contributed by atoms with van der Waals surface area (Å²) in [6.45, 7) is 2.71. The van der Waals surface area contributed by atoms with Crippen molar-refractivity contribution in [3.63, 3.8) is 0 Å². The van der Waals surface area contributed by atoms with Crippen LogP contribution in [0.4, 0.5) is 0 Å². The third-order valence-corrected chi connectivity index (χ3v) is 3.44. The number of likely N-dealkylation sites (tertiary alicyclic amines) is 2. The van der Waals surface area contributed by atoms with Gasteiger partial charge in [-0.15, -0.1) is 0 Å². The van der Waals surface area contributed by atoms with E-state index >= 15 is 0 Å². The molecular formula is C10H16N2O2. The molecule has 1 unspecified atom stereocenters. The minimum Gasteiger partial charge on any atom is -0.336 e. The SMILES string of the molecule is CN1CCCC1C1CN(C(=O)C=O)C1. The predicted octanol–water partition coefficient (Wildman–Crippen LogP) is -0.262. The van der Waals surface area contributed by atoms with Gasteiger partial charge in [0.2, 0.25) is 6.29 Å². The first kappa shape index (κ1) is 9.65. The molecule has 0 saturated carbocycles. The molecule has 1 atom stereocenters. The Morgan fingerprint density at radius 3 is 2.64 bits per heavy atom. The molecule has 1 amide bonds. The van der Waals surface area contributed by atoms with Crippen molar-refractivity contribution in [1.29, 1.82) is 0 Å². The summed E-state index contributed by atoms with van der Waals surface area (Å²) in [4.78, 5) is 25.2. The highest BCUT2D eigenvalue weighted by molar-refractivity contribution is 6.23. The summed E-state index contributed by atoms with van der Waals surface area (Å²) >= 11 is 0. The Morgan fingerprint density at radius 2 is 2.14 bits per heavy atom. The van der Waals surface area contributed by atoms with Crippen LogP contribution in [-0.4, -0.2) is 54.7 Å². The van der Waals surface area contributed by atoms with Crippen LogP contribution in [0.15, 0.2) is 0 Å². The Hall–Kier alpha value is -0.900. The van der Waals surface area contributed by atoms with E-state index in [1.165, 1.54) is 19.4 Å². The summed E-state index contributed by atoms with van der Waals surface area (Å²) in [5, 5.41) is 0. The Labute approximate surface area is 83.9 Å². The summed E-state index contributed by atoms with van der Waals surface area (Å²) in [6.07, 6.45) is 2.91. The van der Waals surface area contributed by atoms with Crippen molar-refractivity contribution in [2.75, 3.05) is 26.7 Å². The molecule has 4 nitrogen and oxygen atoms in total. The monoisotopic (exact) mass is 196 g/mol. The predicted molar refractivity (Wildman–Crippen MR) is 51.8 cm³/mol. The zero-order valence-corrected chi connectivity index (χ0v) is 8.48. The van der Waals surface area contributed by atoms with Crippen LogP contribution in [0.25, 0.3) is 0 Å². The number of amides is 1. The van der Waals surface area contributed by atoms with Gasteiger partial charge >= 0.3 is 0 Å². The quantitative estimate of drug-likeness (QED) is 0.451. The van der Waals surface area contributed by atoms with Gasteiger partial charge in [0.15, 0.2) is 0 Å². The molecule has 2 heterocycles. The van der Waals surface area contributed by atoms with Gasteiger partial charge in [-0.25, -0.2) is 0 Å². The number of hydrogen-bond donors (Lipinski definition) is 0. The minimum atomic E-state index is -0.359. The van der Waals surface area contributed by atoms with E-state index < -0.39 is 0 Å². The van der Waals surface area contributed by atoms with E-state index in [1.807, 2.05) is 0 Å². The van der Waals surface area contributed by atoms with E-state index in [2.05, 4.69) is 11.9 Å². The van der Waals surface area contributed by atoms with E-state index in [0.717, 1.165) is 13.1 Å². The maximum Gasteiger partial charge on any atom is 0.286 e. The van der Waals surface area contributed by atoms with Gasteiger partial charge in [0.05, 0.1) is 0 Å². The van der Waals surface area contributed by atoms with Gasteiger partial charge in [0.1, 0.15) is 0 Å². The first-order valence-electron chi connectivity index (χ1n) is 5.16. The molecule has 2 fully saturated rings. The summed E-state index contributed by atoms with van der Waals surface area (Å²) < 4.78 is 0. The second-order valence-electron chi connectivity index (χ2n) is 4.31. The molecule has 0 aromatic carbocycles. The maximum atomic E-state index is 11.0. The number of aldehydes is 1. The first-order chi connectivity index (χ1) is 6.72. The third kappa shape index (κ3) is 1.54. The van der Waals surface area contributed by atoms with Crippen LogP contribution < -0.4 is 0 Å². The van der Waals surface area contributed by atoms with Crippen molar-refractivity contribution in [2.45, 2.75) is 18.9 Å². The van der Waals surface area contributed by atoms with Crippen LogP contribution in [0.2, 0.25) is 0 Å². The summed E-state index contributed by atoms with van der Waals surface area (Å²) in [5.41, 5.74) is 0. The Bertz CT molecular complexity index is 249. The Balaban J connectivity index is 1.82. The lowest BCUT2D eigenvalue weighted by Crippen LogP contribution is -2.56. The molecule has 4 heteroatoms. The van der Waals surface area contributed by atoms with E-state index in [1.54, 1.807) is 4.90 Å². The van der Waals surface area contributed by atoms with E-state index in [-0.39, 0.29) is 5.91 Å². The lowest BCUT2D eigenvalue weighted by atomic mass is 9.90. The molecule has 2 aliphatic heterocycles. The van der Waals surface area contributed by atoms with Crippen molar-refractivity contribution < 1.29 is 9.59 Å². The van der Waals surface area contributed by atoms with E-state index in [0.29, 0.717) is 18.2 Å². The molecule has 0 aromatic heterocycles. The number of hydrogen-bond acceptors (Lipinski definition) is 3. The highest BCUT2D eigenvalue weighted by atomic mass is 16.2. The number of carbonyl (C=O) groups is 2. The van der Waals surface area contributed by atoms with Crippen molar-refractivity contribution in [2.24, 2.45) is 5.92 Å².